The topological polar surface area (TPSA) is 119 Å². The molecule has 1 aliphatic carbocycles. The Morgan fingerprint density at radius 3 is 2.46 bits per heavy atom. The second-order valence-corrected chi connectivity index (χ2v) is 9.47. The van der Waals surface area contributed by atoms with Gasteiger partial charge in [0.1, 0.15) is 0 Å². The molecule has 0 spiro atoms. The third-order valence-corrected chi connectivity index (χ3v) is 6.96. The van der Waals surface area contributed by atoms with E-state index in [2.05, 4.69) is 10.6 Å². The third kappa shape index (κ3) is 6.39. The zero-order chi connectivity index (χ0) is 24.8. The average Bonchev–Trinajstić information content (AvgIpc) is 3.54. The van der Waals surface area contributed by atoms with E-state index in [1.165, 1.54) is 0 Å². The van der Waals surface area contributed by atoms with Crippen molar-refractivity contribution >= 4 is 23.6 Å². The molecule has 4 N–H and O–H groups in total. The Kier molecular flexibility index (Phi) is 8.02. The van der Waals surface area contributed by atoms with Crippen LogP contribution in [0.25, 0.3) is 0 Å². The number of carbonyl (C=O) groups is 3. The number of nitrogens with one attached hydrogen (secondary N) is 2. The predicted octanol–water partition coefficient (Wildman–Crippen LogP) is 3.44. The summed E-state index contributed by atoms with van der Waals surface area (Å²) in [5.74, 6) is 0.0785. The second-order valence-electron chi connectivity index (χ2n) is 9.47. The summed E-state index contributed by atoms with van der Waals surface area (Å²) < 4.78 is 0. The molecule has 186 valence electrons. The summed E-state index contributed by atoms with van der Waals surface area (Å²) in [6, 6.07) is 14.4. The van der Waals surface area contributed by atoms with Crippen LogP contribution in [0.15, 0.2) is 48.5 Å². The van der Waals surface area contributed by atoms with Gasteiger partial charge in [-0.05, 0) is 60.9 Å². The van der Waals surface area contributed by atoms with Crippen molar-refractivity contribution in [3.63, 3.8) is 0 Å². The second kappa shape index (κ2) is 11.4. The molecule has 1 saturated carbocycles. The van der Waals surface area contributed by atoms with Crippen LogP contribution in [0.2, 0.25) is 0 Å². The number of carbonyl (C=O) groups excluding carboxylic acids is 2. The van der Waals surface area contributed by atoms with Crippen LogP contribution < -0.4 is 15.5 Å². The van der Waals surface area contributed by atoms with Crippen molar-refractivity contribution in [1.29, 1.82) is 0 Å². The SMILES string of the molecule is O=C(O)NC[C@@H](O)[C@H](Cc1ccccc1)NC(=O)c1cc(C2CCCC2)cc(N2CCCC2=O)c1. The van der Waals surface area contributed by atoms with E-state index in [-0.39, 0.29) is 18.4 Å². The lowest BCUT2D eigenvalue weighted by Crippen LogP contribution is -2.49. The quantitative estimate of drug-likeness (QED) is 0.439. The highest BCUT2D eigenvalue weighted by atomic mass is 16.4. The first-order valence-electron chi connectivity index (χ1n) is 12.4. The van der Waals surface area contributed by atoms with Gasteiger partial charge < -0.3 is 25.7 Å². The summed E-state index contributed by atoms with van der Waals surface area (Å²) in [4.78, 5) is 38.6. The largest absolute Gasteiger partial charge is 0.465 e. The molecule has 2 aliphatic rings. The van der Waals surface area contributed by atoms with E-state index in [0.717, 1.165) is 48.9 Å². The molecule has 2 atom stereocenters. The molecule has 0 bridgehead atoms. The summed E-state index contributed by atoms with van der Waals surface area (Å²) in [7, 11) is 0. The molecule has 2 fully saturated rings. The Bertz CT molecular complexity index is 1050. The van der Waals surface area contributed by atoms with E-state index in [4.69, 9.17) is 5.11 Å². The smallest absolute Gasteiger partial charge is 0.404 e. The predicted molar refractivity (Wildman–Crippen MR) is 133 cm³/mol. The Morgan fingerprint density at radius 2 is 1.80 bits per heavy atom. The van der Waals surface area contributed by atoms with Crippen LogP contribution in [-0.2, 0) is 11.2 Å². The van der Waals surface area contributed by atoms with Crippen molar-refractivity contribution in [1.82, 2.24) is 10.6 Å². The van der Waals surface area contributed by atoms with Gasteiger partial charge in [-0.1, -0.05) is 43.2 Å². The Balaban J connectivity index is 1.59. The zero-order valence-electron chi connectivity index (χ0n) is 19.8. The fourth-order valence-electron chi connectivity index (χ4n) is 5.07. The Hall–Kier alpha value is -3.39. The lowest BCUT2D eigenvalue weighted by Gasteiger charge is -2.25. The Morgan fingerprint density at radius 1 is 1.06 bits per heavy atom. The number of benzene rings is 2. The number of hydrogen-bond donors (Lipinski definition) is 4. The van der Waals surface area contributed by atoms with Crippen LogP contribution in [0.4, 0.5) is 10.5 Å². The van der Waals surface area contributed by atoms with Crippen LogP contribution in [0.1, 0.15) is 65.9 Å². The van der Waals surface area contributed by atoms with Gasteiger partial charge >= 0.3 is 6.09 Å². The molecule has 0 radical (unpaired) electrons. The first-order chi connectivity index (χ1) is 16.9. The molecule has 4 rings (SSSR count). The number of hydrogen-bond acceptors (Lipinski definition) is 4. The molecule has 0 aromatic heterocycles. The maximum Gasteiger partial charge on any atom is 0.404 e. The lowest BCUT2D eigenvalue weighted by atomic mass is 9.94. The van der Waals surface area contributed by atoms with Crippen LogP contribution in [-0.4, -0.2) is 53.4 Å². The maximum atomic E-state index is 13.4. The molecule has 8 heteroatoms. The number of anilines is 1. The molecule has 0 unspecified atom stereocenters. The van der Waals surface area contributed by atoms with Gasteiger partial charge in [0.15, 0.2) is 0 Å². The molecule has 2 aromatic carbocycles. The van der Waals surface area contributed by atoms with Gasteiger partial charge in [0.2, 0.25) is 5.91 Å². The van der Waals surface area contributed by atoms with Gasteiger partial charge in [-0.2, -0.15) is 0 Å². The standard InChI is InChI=1S/C27H33N3O5/c31-24(17-28-27(34)35)23(13-18-7-2-1-3-8-18)29-26(33)21-14-20(19-9-4-5-10-19)15-22(16-21)30-12-6-11-25(30)32/h1-3,7-8,14-16,19,23-24,28,31H,4-6,9-13,17H2,(H,29,33)(H,34,35)/t23-,24+/m0/s1. The number of aliphatic hydroxyl groups is 1. The van der Waals surface area contributed by atoms with Crippen LogP contribution >= 0.6 is 0 Å². The van der Waals surface area contributed by atoms with E-state index < -0.39 is 18.2 Å². The number of aliphatic hydroxyl groups excluding tert-OH is 1. The van der Waals surface area contributed by atoms with Crippen LogP contribution in [0, 0.1) is 0 Å². The fraction of sp³-hybridized carbons (Fsp3) is 0.444. The van der Waals surface area contributed by atoms with Crippen LogP contribution in [0.5, 0.6) is 0 Å². The molecule has 8 nitrogen and oxygen atoms in total. The van der Waals surface area contributed by atoms with Gasteiger partial charge in [-0.3, -0.25) is 9.59 Å². The summed E-state index contributed by atoms with van der Waals surface area (Å²) in [5, 5.41) is 24.8. The number of rotatable bonds is 9. The lowest BCUT2D eigenvalue weighted by molar-refractivity contribution is -0.117. The zero-order valence-corrected chi connectivity index (χ0v) is 19.8. The molecule has 1 saturated heterocycles. The van der Waals surface area contributed by atoms with Gasteiger partial charge in [0, 0.05) is 30.8 Å². The van der Waals surface area contributed by atoms with Gasteiger partial charge in [-0.15, -0.1) is 0 Å². The molecule has 35 heavy (non-hydrogen) atoms. The summed E-state index contributed by atoms with van der Waals surface area (Å²) in [6.45, 7) is 0.437. The van der Waals surface area contributed by atoms with E-state index in [1.54, 1.807) is 11.0 Å². The van der Waals surface area contributed by atoms with E-state index >= 15 is 0 Å². The van der Waals surface area contributed by atoms with Gasteiger partial charge in [0.25, 0.3) is 5.91 Å². The minimum Gasteiger partial charge on any atom is -0.465 e. The third-order valence-electron chi connectivity index (χ3n) is 6.96. The molecule has 1 aliphatic heterocycles. The van der Waals surface area contributed by atoms with Crippen molar-refractivity contribution in [2.24, 2.45) is 0 Å². The first kappa shape index (κ1) is 24.7. The average molecular weight is 480 g/mol. The van der Waals surface area contributed by atoms with E-state index in [0.29, 0.717) is 30.9 Å². The van der Waals surface area contributed by atoms with Crippen molar-refractivity contribution in [3.8, 4) is 0 Å². The number of carboxylic acid groups (broad SMARTS) is 1. The summed E-state index contributed by atoms with van der Waals surface area (Å²) >= 11 is 0. The van der Waals surface area contributed by atoms with Crippen LogP contribution in [0.3, 0.4) is 0 Å². The molecular formula is C27H33N3O5. The first-order valence-corrected chi connectivity index (χ1v) is 12.4. The highest BCUT2D eigenvalue weighted by Gasteiger charge is 2.27. The minimum absolute atomic E-state index is 0.0667. The molecule has 3 amide bonds. The van der Waals surface area contributed by atoms with Crippen molar-refractivity contribution < 1.29 is 24.6 Å². The van der Waals surface area contributed by atoms with Crippen molar-refractivity contribution in [3.05, 3.63) is 65.2 Å². The summed E-state index contributed by atoms with van der Waals surface area (Å²) in [5.41, 5.74) is 3.17. The maximum absolute atomic E-state index is 13.4. The van der Waals surface area contributed by atoms with E-state index in [9.17, 15) is 19.5 Å². The van der Waals surface area contributed by atoms with Gasteiger partial charge in [-0.25, -0.2) is 4.79 Å². The minimum atomic E-state index is -1.24. The van der Waals surface area contributed by atoms with Crippen molar-refractivity contribution in [2.45, 2.75) is 63.0 Å². The van der Waals surface area contributed by atoms with Gasteiger partial charge in [0.05, 0.1) is 12.1 Å². The normalized spacial score (nSPS) is 17.9. The highest BCUT2D eigenvalue weighted by molar-refractivity contribution is 5.99. The highest BCUT2D eigenvalue weighted by Crippen LogP contribution is 2.37. The Labute approximate surface area is 205 Å². The van der Waals surface area contributed by atoms with E-state index in [1.807, 2.05) is 42.5 Å². The van der Waals surface area contributed by atoms with Crippen molar-refractivity contribution in [2.75, 3.05) is 18.0 Å². The number of amides is 3. The molecular weight excluding hydrogens is 446 g/mol. The monoisotopic (exact) mass is 479 g/mol. The fourth-order valence-corrected chi connectivity index (χ4v) is 5.07. The summed E-state index contributed by atoms with van der Waals surface area (Å²) in [6.07, 6.45) is 3.73. The molecule has 2 aromatic rings. The molecule has 1 heterocycles. The number of nitrogens with zero attached hydrogens (tertiary/aromatic N) is 1.